The number of carbonyl (C=O) groups is 1. The van der Waals surface area contributed by atoms with Crippen LogP contribution in [-0.4, -0.2) is 54.1 Å². The molecule has 202 valence electrons. The van der Waals surface area contributed by atoms with E-state index in [0.29, 0.717) is 17.1 Å². The smallest absolute Gasteiger partial charge is 0.434 e. The number of hydrogen-bond acceptors (Lipinski definition) is 9. The molecule has 1 aliphatic heterocycles. The van der Waals surface area contributed by atoms with Gasteiger partial charge in [0.25, 0.3) is 5.91 Å². The molecule has 9 nitrogen and oxygen atoms in total. The Morgan fingerprint density at radius 2 is 1.69 bits per heavy atom. The number of carbonyl (C=O) groups excluding carboxylic acids is 1. The fraction of sp³-hybridized carbons (Fsp3) is 0.231. The van der Waals surface area contributed by atoms with Crippen LogP contribution in [0.4, 0.5) is 36.2 Å². The van der Waals surface area contributed by atoms with Crippen LogP contribution in [-0.2, 0) is 6.18 Å². The summed E-state index contributed by atoms with van der Waals surface area (Å²) in [5, 5.41) is 8.81. The first-order valence-electron chi connectivity index (χ1n) is 12.0. The van der Waals surface area contributed by atoms with Gasteiger partial charge in [-0.3, -0.25) is 4.79 Å². The molecule has 4 aromatic rings. The number of piperazine rings is 1. The van der Waals surface area contributed by atoms with Crippen molar-refractivity contribution in [2.24, 2.45) is 0 Å². The van der Waals surface area contributed by atoms with E-state index >= 15 is 0 Å². The van der Waals surface area contributed by atoms with E-state index < -0.39 is 17.8 Å². The van der Waals surface area contributed by atoms with Crippen LogP contribution >= 0.6 is 11.3 Å². The van der Waals surface area contributed by atoms with Crippen LogP contribution in [0, 0.1) is 0 Å². The average molecular weight is 556 g/mol. The molecule has 0 spiro atoms. The Hall–Kier alpha value is -4.23. The van der Waals surface area contributed by atoms with Gasteiger partial charge in [-0.25, -0.2) is 15.0 Å². The maximum absolute atomic E-state index is 13.9. The average Bonchev–Trinajstić information content (AvgIpc) is 3.44. The topological polar surface area (TPSA) is 104 Å². The van der Waals surface area contributed by atoms with Gasteiger partial charge in [-0.05, 0) is 48.5 Å². The molecule has 1 saturated heterocycles. The predicted molar refractivity (Wildman–Crippen MR) is 144 cm³/mol. The van der Waals surface area contributed by atoms with Gasteiger partial charge in [-0.15, -0.1) is 11.3 Å². The maximum Gasteiger partial charge on any atom is 0.434 e. The van der Waals surface area contributed by atoms with Crippen LogP contribution in [0.5, 0.6) is 5.75 Å². The molecular formula is C26H24F3N7O2S. The Kier molecular flexibility index (Phi) is 7.61. The van der Waals surface area contributed by atoms with Gasteiger partial charge in [0.15, 0.2) is 5.69 Å². The summed E-state index contributed by atoms with van der Waals surface area (Å²) < 4.78 is 46.9. The first-order valence-corrected chi connectivity index (χ1v) is 12.8. The molecule has 1 aliphatic rings. The highest BCUT2D eigenvalue weighted by Crippen LogP contribution is 2.38. The summed E-state index contributed by atoms with van der Waals surface area (Å²) in [6, 6.07) is 14.0. The van der Waals surface area contributed by atoms with Crippen molar-refractivity contribution < 1.29 is 22.7 Å². The lowest BCUT2D eigenvalue weighted by atomic mass is 10.2. The Labute approximate surface area is 226 Å². The second-order valence-electron chi connectivity index (χ2n) is 8.57. The molecule has 1 amide bonds. The third kappa shape index (κ3) is 6.26. The van der Waals surface area contributed by atoms with Crippen molar-refractivity contribution in [1.29, 1.82) is 0 Å². The molecule has 0 radical (unpaired) electrons. The summed E-state index contributed by atoms with van der Waals surface area (Å²) in [6.07, 6.45) is -2.47. The number of amides is 1. The van der Waals surface area contributed by atoms with Gasteiger partial charge in [0.2, 0.25) is 5.95 Å². The lowest BCUT2D eigenvalue weighted by Gasteiger charge is -2.29. The van der Waals surface area contributed by atoms with Gasteiger partial charge in [0, 0.05) is 49.4 Å². The zero-order valence-electron chi connectivity index (χ0n) is 20.7. The van der Waals surface area contributed by atoms with Crippen LogP contribution in [0.15, 0.2) is 60.9 Å². The Morgan fingerprint density at radius 3 is 2.36 bits per heavy atom. The number of methoxy groups -OCH3 is 1. The molecule has 5 rings (SSSR count). The fourth-order valence-electron chi connectivity index (χ4n) is 3.99. The molecule has 39 heavy (non-hydrogen) atoms. The Morgan fingerprint density at radius 1 is 1.00 bits per heavy atom. The number of alkyl halides is 3. The van der Waals surface area contributed by atoms with E-state index in [0.717, 1.165) is 49.4 Å². The molecule has 0 saturated carbocycles. The molecule has 1 fully saturated rings. The molecule has 2 aromatic carbocycles. The Bertz CT molecular complexity index is 1440. The van der Waals surface area contributed by atoms with Crippen LogP contribution in [0.3, 0.4) is 0 Å². The van der Waals surface area contributed by atoms with Crippen LogP contribution in [0.25, 0.3) is 10.6 Å². The zero-order chi connectivity index (χ0) is 27.4. The van der Waals surface area contributed by atoms with Crippen molar-refractivity contribution in [2.45, 2.75) is 6.18 Å². The second kappa shape index (κ2) is 11.3. The van der Waals surface area contributed by atoms with E-state index in [-0.39, 0.29) is 21.4 Å². The minimum Gasteiger partial charge on any atom is -0.497 e. The lowest BCUT2D eigenvalue weighted by molar-refractivity contribution is -0.140. The number of hydrogen-bond donors (Lipinski definition) is 3. The number of thiazole rings is 1. The molecule has 0 bridgehead atoms. The van der Waals surface area contributed by atoms with E-state index in [4.69, 9.17) is 4.74 Å². The third-order valence-corrected chi connectivity index (χ3v) is 7.00. The van der Waals surface area contributed by atoms with Crippen molar-refractivity contribution in [3.05, 3.63) is 71.5 Å². The molecule has 13 heteroatoms. The standard InChI is InChI=1S/C26H24F3N7O2S/c1-38-19-8-4-17(5-9-19)34-25-32-14-20(22(35-25)26(27,28)29)24-31-15-21(39-24)23(37)33-16-2-6-18(7-3-16)36-12-10-30-11-13-36/h2-9,14-15,30H,10-13H2,1H3,(H,33,37)(H,32,34,35). The van der Waals surface area contributed by atoms with Crippen LogP contribution in [0.1, 0.15) is 15.4 Å². The van der Waals surface area contributed by atoms with E-state index in [2.05, 4.69) is 35.8 Å². The maximum atomic E-state index is 13.9. The number of halogens is 3. The number of rotatable bonds is 7. The number of ether oxygens (including phenoxy) is 1. The van der Waals surface area contributed by atoms with E-state index in [1.54, 1.807) is 36.4 Å². The molecule has 0 unspecified atom stereocenters. The summed E-state index contributed by atoms with van der Waals surface area (Å²) >= 11 is 0.831. The molecule has 3 heterocycles. The quantitative estimate of drug-likeness (QED) is 0.292. The SMILES string of the molecule is COc1ccc(Nc2ncc(-c3ncc(C(=O)Nc4ccc(N5CCNCC5)cc4)s3)c(C(F)(F)F)n2)cc1. The van der Waals surface area contributed by atoms with E-state index in [1.165, 1.54) is 13.3 Å². The number of aromatic nitrogens is 3. The monoisotopic (exact) mass is 555 g/mol. The zero-order valence-corrected chi connectivity index (χ0v) is 21.6. The molecule has 2 aromatic heterocycles. The van der Waals surface area contributed by atoms with Crippen molar-refractivity contribution in [3.8, 4) is 16.3 Å². The predicted octanol–water partition coefficient (Wildman–Crippen LogP) is 5.03. The normalized spacial score (nSPS) is 13.7. The summed E-state index contributed by atoms with van der Waals surface area (Å²) in [5.74, 6) is -0.0976. The second-order valence-corrected chi connectivity index (χ2v) is 9.61. The first-order chi connectivity index (χ1) is 18.8. The number of nitrogens with zero attached hydrogens (tertiary/aromatic N) is 4. The van der Waals surface area contributed by atoms with E-state index in [9.17, 15) is 18.0 Å². The van der Waals surface area contributed by atoms with Gasteiger partial charge in [-0.1, -0.05) is 0 Å². The highest BCUT2D eigenvalue weighted by Gasteiger charge is 2.37. The van der Waals surface area contributed by atoms with Crippen molar-refractivity contribution in [3.63, 3.8) is 0 Å². The number of nitrogens with one attached hydrogen (secondary N) is 3. The molecular weight excluding hydrogens is 531 g/mol. The van der Waals surface area contributed by atoms with Crippen molar-refractivity contribution >= 4 is 40.3 Å². The minimum atomic E-state index is -4.77. The van der Waals surface area contributed by atoms with Gasteiger partial charge in [0.05, 0.1) is 18.9 Å². The van der Waals surface area contributed by atoms with Crippen LogP contribution in [0.2, 0.25) is 0 Å². The summed E-state index contributed by atoms with van der Waals surface area (Å²) in [6.45, 7) is 3.62. The van der Waals surface area contributed by atoms with Crippen molar-refractivity contribution in [1.82, 2.24) is 20.3 Å². The third-order valence-electron chi connectivity index (χ3n) is 5.97. The van der Waals surface area contributed by atoms with Gasteiger partial charge < -0.3 is 25.6 Å². The highest BCUT2D eigenvalue weighted by atomic mass is 32.1. The van der Waals surface area contributed by atoms with Crippen LogP contribution < -0.4 is 25.6 Å². The summed E-state index contributed by atoms with van der Waals surface area (Å²) in [7, 11) is 1.51. The van der Waals surface area contributed by atoms with Crippen molar-refractivity contribution in [2.75, 3.05) is 48.8 Å². The van der Waals surface area contributed by atoms with Gasteiger partial charge in [0.1, 0.15) is 15.6 Å². The highest BCUT2D eigenvalue weighted by molar-refractivity contribution is 7.17. The van der Waals surface area contributed by atoms with Gasteiger partial charge >= 0.3 is 6.18 Å². The lowest BCUT2D eigenvalue weighted by Crippen LogP contribution is -2.43. The summed E-state index contributed by atoms with van der Waals surface area (Å²) in [4.78, 5) is 27.0. The Balaban J connectivity index is 1.31. The first kappa shape index (κ1) is 26.4. The number of anilines is 4. The fourth-order valence-corrected chi connectivity index (χ4v) is 4.82. The number of benzene rings is 2. The van der Waals surface area contributed by atoms with E-state index in [1.807, 2.05) is 12.1 Å². The molecule has 0 aliphatic carbocycles. The van der Waals surface area contributed by atoms with Gasteiger partial charge in [-0.2, -0.15) is 13.2 Å². The molecule has 0 atom stereocenters. The largest absolute Gasteiger partial charge is 0.497 e. The molecule has 3 N–H and O–H groups in total. The minimum absolute atomic E-state index is 0.0162. The summed E-state index contributed by atoms with van der Waals surface area (Å²) in [5.41, 5.74) is 0.651.